The SMILES string of the molecule is Cc1cc(SCc2c(C(=O)O)cnn2C)n(C)n1. The third-order valence-electron chi connectivity index (χ3n) is 2.61. The van der Waals surface area contributed by atoms with E-state index in [9.17, 15) is 4.79 Å². The molecule has 0 unspecified atom stereocenters. The molecular formula is C11H14N4O2S. The van der Waals surface area contributed by atoms with Crippen LogP contribution in [-0.2, 0) is 19.8 Å². The van der Waals surface area contributed by atoms with E-state index >= 15 is 0 Å². The lowest BCUT2D eigenvalue weighted by atomic mass is 10.3. The number of hydrogen-bond acceptors (Lipinski definition) is 4. The van der Waals surface area contributed by atoms with Gasteiger partial charge >= 0.3 is 5.97 Å². The summed E-state index contributed by atoms with van der Waals surface area (Å²) in [4.78, 5) is 11.0. The van der Waals surface area contributed by atoms with E-state index in [1.807, 2.05) is 20.0 Å². The molecule has 0 aromatic carbocycles. The molecule has 0 fully saturated rings. The van der Waals surface area contributed by atoms with Crippen LogP contribution in [-0.4, -0.2) is 30.6 Å². The Morgan fingerprint density at radius 1 is 1.44 bits per heavy atom. The highest BCUT2D eigenvalue weighted by molar-refractivity contribution is 7.98. The average molecular weight is 266 g/mol. The molecule has 0 aliphatic heterocycles. The minimum absolute atomic E-state index is 0.254. The lowest BCUT2D eigenvalue weighted by Gasteiger charge is -2.04. The van der Waals surface area contributed by atoms with Crippen LogP contribution in [0.25, 0.3) is 0 Å². The number of rotatable bonds is 4. The second-order valence-corrected chi connectivity index (χ2v) is 4.97. The fourth-order valence-electron chi connectivity index (χ4n) is 1.68. The van der Waals surface area contributed by atoms with Gasteiger partial charge in [0.2, 0.25) is 0 Å². The van der Waals surface area contributed by atoms with Gasteiger partial charge in [0.15, 0.2) is 0 Å². The van der Waals surface area contributed by atoms with E-state index in [0.717, 1.165) is 10.7 Å². The average Bonchev–Trinajstić information content (AvgIpc) is 2.79. The Balaban J connectivity index is 2.18. The fraction of sp³-hybridized carbons (Fsp3) is 0.364. The topological polar surface area (TPSA) is 72.9 Å². The van der Waals surface area contributed by atoms with Gasteiger partial charge in [-0.15, -0.1) is 11.8 Å². The zero-order valence-corrected chi connectivity index (χ0v) is 11.2. The molecule has 7 heteroatoms. The van der Waals surface area contributed by atoms with Crippen LogP contribution in [0.1, 0.15) is 21.7 Å². The van der Waals surface area contributed by atoms with Crippen molar-refractivity contribution in [2.75, 3.05) is 0 Å². The Labute approximate surface area is 109 Å². The largest absolute Gasteiger partial charge is 0.478 e. The summed E-state index contributed by atoms with van der Waals surface area (Å²) in [5.41, 5.74) is 1.90. The summed E-state index contributed by atoms with van der Waals surface area (Å²) >= 11 is 1.55. The van der Waals surface area contributed by atoms with E-state index in [4.69, 9.17) is 5.11 Å². The number of thioether (sulfide) groups is 1. The lowest BCUT2D eigenvalue weighted by molar-refractivity contribution is 0.0696. The molecule has 0 radical (unpaired) electrons. The molecule has 96 valence electrons. The highest BCUT2D eigenvalue weighted by Crippen LogP contribution is 2.24. The molecule has 2 heterocycles. The van der Waals surface area contributed by atoms with Crippen LogP contribution in [0.4, 0.5) is 0 Å². The van der Waals surface area contributed by atoms with Gasteiger partial charge in [0.05, 0.1) is 22.6 Å². The predicted molar refractivity (Wildman–Crippen MR) is 67.7 cm³/mol. The molecule has 0 saturated carbocycles. The third-order valence-corrected chi connectivity index (χ3v) is 3.70. The van der Waals surface area contributed by atoms with Crippen LogP contribution in [0.5, 0.6) is 0 Å². The van der Waals surface area contributed by atoms with Gasteiger partial charge in [-0.1, -0.05) is 0 Å². The highest BCUT2D eigenvalue weighted by Gasteiger charge is 2.15. The van der Waals surface area contributed by atoms with Crippen molar-refractivity contribution in [1.29, 1.82) is 0 Å². The van der Waals surface area contributed by atoms with Crippen molar-refractivity contribution in [3.8, 4) is 0 Å². The highest BCUT2D eigenvalue weighted by atomic mass is 32.2. The molecule has 0 aliphatic rings. The van der Waals surface area contributed by atoms with E-state index in [1.165, 1.54) is 6.20 Å². The van der Waals surface area contributed by atoms with Gasteiger partial charge < -0.3 is 5.11 Å². The van der Waals surface area contributed by atoms with E-state index < -0.39 is 5.97 Å². The first kappa shape index (κ1) is 12.7. The summed E-state index contributed by atoms with van der Waals surface area (Å²) in [7, 11) is 3.62. The lowest BCUT2D eigenvalue weighted by Crippen LogP contribution is -2.04. The van der Waals surface area contributed by atoms with E-state index in [0.29, 0.717) is 11.4 Å². The number of aromatic carboxylic acids is 1. The zero-order chi connectivity index (χ0) is 13.3. The van der Waals surface area contributed by atoms with Crippen LogP contribution >= 0.6 is 11.8 Å². The predicted octanol–water partition coefficient (Wildman–Crippen LogP) is 1.45. The molecule has 0 saturated heterocycles. The quantitative estimate of drug-likeness (QED) is 0.848. The first-order valence-electron chi connectivity index (χ1n) is 5.36. The summed E-state index contributed by atoms with van der Waals surface area (Å²) in [5, 5.41) is 18.3. The molecule has 2 aromatic heterocycles. The van der Waals surface area contributed by atoms with Gasteiger partial charge in [-0.2, -0.15) is 10.2 Å². The second-order valence-electron chi connectivity index (χ2n) is 3.97. The molecule has 0 atom stereocenters. The van der Waals surface area contributed by atoms with Crippen LogP contribution in [0.3, 0.4) is 0 Å². The van der Waals surface area contributed by atoms with Crippen molar-refractivity contribution in [3.63, 3.8) is 0 Å². The summed E-state index contributed by atoms with van der Waals surface area (Å²) in [6, 6.07) is 1.97. The van der Waals surface area contributed by atoms with Crippen LogP contribution in [0.15, 0.2) is 17.3 Å². The van der Waals surface area contributed by atoms with Crippen molar-refractivity contribution in [1.82, 2.24) is 19.6 Å². The molecular weight excluding hydrogens is 252 g/mol. The third kappa shape index (κ3) is 2.40. The Hall–Kier alpha value is -1.76. The van der Waals surface area contributed by atoms with Gasteiger partial charge in [0.25, 0.3) is 0 Å². The number of carboxylic acid groups (broad SMARTS) is 1. The maximum absolute atomic E-state index is 11.0. The summed E-state index contributed by atoms with van der Waals surface area (Å²) in [6.45, 7) is 1.93. The Kier molecular flexibility index (Phi) is 3.42. The van der Waals surface area contributed by atoms with Gasteiger partial charge in [-0.25, -0.2) is 4.79 Å². The molecule has 2 rings (SSSR count). The summed E-state index contributed by atoms with van der Waals surface area (Å²) in [5.74, 6) is -0.392. The van der Waals surface area contributed by atoms with Crippen molar-refractivity contribution in [2.24, 2.45) is 14.1 Å². The number of carboxylic acids is 1. The molecule has 0 bridgehead atoms. The van der Waals surface area contributed by atoms with Crippen molar-refractivity contribution >= 4 is 17.7 Å². The van der Waals surface area contributed by atoms with Gasteiger partial charge in [-0.3, -0.25) is 9.36 Å². The second kappa shape index (κ2) is 4.85. The molecule has 1 N–H and O–H groups in total. The fourth-order valence-corrected chi connectivity index (χ4v) is 2.79. The van der Waals surface area contributed by atoms with E-state index in [2.05, 4.69) is 10.2 Å². The Bertz CT molecular complexity index is 588. The minimum Gasteiger partial charge on any atom is -0.478 e. The molecule has 2 aromatic rings. The standard InChI is InChI=1S/C11H14N4O2S/c1-7-4-10(15(3)13-7)18-6-9-8(11(16)17)5-12-14(9)2/h4-5H,6H2,1-3H3,(H,16,17). The zero-order valence-electron chi connectivity index (χ0n) is 10.4. The maximum Gasteiger partial charge on any atom is 0.339 e. The monoisotopic (exact) mass is 266 g/mol. The molecule has 0 aliphatic carbocycles. The normalized spacial score (nSPS) is 10.8. The minimum atomic E-state index is -0.945. The van der Waals surface area contributed by atoms with Gasteiger partial charge in [0.1, 0.15) is 5.56 Å². The van der Waals surface area contributed by atoms with Crippen LogP contribution in [0, 0.1) is 6.92 Å². The summed E-state index contributed by atoms with van der Waals surface area (Å²) in [6.07, 6.45) is 1.38. The number of carbonyl (C=O) groups is 1. The number of aromatic nitrogens is 4. The van der Waals surface area contributed by atoms with Crippen LogP contribution in [0.2, 0.25) is 0 Å². The first-order valence-corrected chi connectivity index (χ1v) is 6.35. The molecule has 0 amide bonds. The van der Waals surface area contributed by atoms with Crippen molar-refractivity contribution in [3.05, 3.63) is 29.2 Å². The Morgan fingerprint density at radius 3 is 2.72 bits per heavy atom. The van der Waals surface area contributed by atoms with E-state index in [-0.39, 0.29) is 5.56 Å². The van der Waals surface area contributed by atoms with E-state index in [1.54, 1.807) is 28.2 Å². The smallest absolute Gasteiger partial charge is 0.339 e. The first-order chi connectivity index (χ1) is 8.49. The van der Waals surface area contributed by atoms with Crippen LogP contribution < -0.4 is 0 Å². The molecule has 6 nitrogen and oxygen atoms in total. The van der Waals surface area contributed by atoms with Crippen molar-refractivity contribution in [2.45, 2.75) is 17.7 Å². The Morgan fingerprint density at radius 2 is 2.17 bits per heavy atom. The van der Waals surface area contributed by atoms with Crippen molar-refractivity contribution < 1.29 is 9.90 Å². The number of aryl methyl sites for hydroxylation is 3. The number of hydrogen-bond donors (Lipinski definition) is 1. The molecule has 18 heavy (non-hydrogen) atoms. The number of nitrogens with zero attached hydrogens (tertiary/aromatic N) is 4. The van der Waals surface area contributed by atoms with Gasteiger partial charge in [0, 0.05) is 19.8 Å². The summed E-state index contributed by atoms with van der Waals surface area (Å²) < 4.78 is 3.39. The van der Waals surface area contributed by atoms with Gasteiger partial charge in [-0.05, 0) is 13.0 Å². The molecule has 0 spiro atoms. The maximum atomic E-state index is 11.0.